The number of rotatable bonds is 2. The quantitative estimate of drug-likeness (QED) is 0.817. The number of thioether (sulfide) groups is 1. The third-order valence-electron chi connectivity index (χ3n) is 2.39. The van der Waals surface area contributed by atoms with E-state index in [2.05, 4.69) is 22.9 Å². The summed E-state index contributed by atoms with van der Waals surface area (Å²) in [6, 6.07) is 7.57. The fraction of sp³-hybridized carbons (Fsp3) is 0.429. The first-order chi connectivity index (χ1) is 9.33. The summed E-state index contributed by atoms with van der Waals surface area (Å²) >= 11 is 6.00. The number of benzene rings is 1. The van der Waals surface area contributed by atoms with Crippen molar-refractivity contribution in [2.45, 2.75) is 31.7 Å². The average Bonchev–Trinajstić information content (AvgIpc) is 2.73. The highest BCUT2D eigenvalue weighted by Crippen LogP contribution is 2.26. The Bertz CT molecular complexity index is 538. The average molecular weight is 310 g/mol. The molecule has 1 aliphatic rings. The lowest BCUT2D eigenvalue weighted by Gasteiger charge is -2.19. The second-order valence-corrected chi connectivity index (χ2v) is 7.04. The van der Waals surface area contributed by atoms with E-state index >= 15 is 0 Å². The Balaban J connectivity index is 2.07. The third-order valence-corrected chi connectivity index (χ3v) is 4.03. The minimum Gasteiger partial charge on any atom is -0.444 e. The van der Waals surface area contributed by atoms with Gasteiger partial charge in [0.1, 0.15) is 11.0 Å². The summed E-state index contributed by atoms with van der Waals surface area (Å²) in [5.74, 6) is 0.877. The van der Waals surface area contributed by atoms with Gasteiger partial charge in [-0.15, -0.1) is 11.8 Å². The van der Waals surface area contributed by atoms with Crippen molar-refractivity contribution in [1.82, 2.24) is 0 Å². The molecule has 2 rings (SSSR count). The zero-order chi connectivity index (χ0) is 14.8. The van der Waals surface area contributed by atoms with Crippen LogP contribution >= 0.6 is 24.4 Å². The maximum absolute atomic E-state index is 11.7. The van der Waals surface area contributed by atoms with Gasteiger partial charge in [-0.3, -0.25) is 10.3 Å². The van der Waals surface area contributed by atoms with Gasteiger partial charge in [-0.1, -0.05) is 12.1 Å². The van der Waals surface area contributed by atoms with Crippen molar-refractivity contribution in [2.75, 3.05) is 11.1 Å². The molecule has 1 N–H and O–H groups in total. The van der Waals surface area contributed by atoms with Crippen LogP contribution in [0.5, 0.6) is 0 Å². The summed E-state index contributed by atoms with van der Waals surface area (Å²) in [4.78, 5) is 16.2. The van der Waals surface area contributed by atoms with Crippen molar-refractivity contribution in [3.05, 3.63) is 29.8 Å². The van der Waals surface area contributed by atoms with Crippen molar-refractivity contribution in [2.24, 2.45) is 4.99 Å². The van der Waals surface area contributed by atoms with Crippen LogP contribution in [0.2, 0.25) is 0 Å². The smallest absolute Gasteiger partial charge is 0.412 e. The summed E-state index contributed by atoms with van der Waals surface area (Å²) < 4.78 is 5.23. The summed E-state index contributed by atoms with van der Waals surface area (Å²) in [5, 5.41) is 3.74. The molecule has 1 unspecified atom stereocenters. The highest BCUT2D eigenvalue weighted by Gasteiger charge is 2.18. The highest BCUT2D eigenvalue weighted by atomic mass is 32.2. The van der Waals surface area contributed by atoms with Crippen molar-refractivity contribution < 1.29 is 9.53 Å². The maximum atomic E-state index is 11.7. The van der Waals surface area contributed by atoms with E-state index in [-0.39, 0.29) is 5.37 Å². The first-order valence-electron chi connectivity index (χ1n) is 6.32. The van der Waals surface area contributed by atoms with E-state index in [9.17, 15) is 4.79 Å². The molecule has 1 heterocycles. The second kappa shape index (κ2) is 6.10. The van der Waals surface area contributed by atoms with E-state index in [0.29, 0.717) is 5.69 Å². The number of thiol groups is 1. The molecule has 0 spiro atoms. The SMILES string of the molecule is CC(C)(C)OC(=O)Nc1cccc(C2=NC(S)CS2)c1. The van der Waals surface area contributed by atoms with E-state index < -0.39 is 11.7 Å². The molecular formula is C14H18N2O2S2. The number of hydrogen-bond donors (Lipinski definition) is 2. The Morgan fingerprint density at radius 3 is 2.85 bits per heavy atom. The molecule has 0 radical (unpaired) electrons. The number of nitrogens with zero attached hydrogens (tertiary/aromatic N) is 1. The Kier molecular flexibility index (Phi) is 4.65. The fourth-order valence-electron chi connectivity index (χ4n) is 1.67. The van der Waals surface area contributed by atoms with E-state index in [1.54, 1.807) is 11.8 Å². The minimum absolute atomic E-state index is 0.0532. The van der Waals surface area contributed by atoms with Crippen LogP contribution in [-0.2, 0) is 4.74 Å². The zero-order valence-corrected chi connectivity index (χ0v) is 13.4. The predicted molar refractivity (Wildman–Crippen MR) is 88.1 cm³/mol. The Morgan fingerprint density at radius 1 is 1.50 bits per heavy atom. The van der Waals surface area contributed by atoms with Crippen LogP contribution in [0.4, 0.5) is 10.5 Å². The normalized spacial score (nSPS) is 18.6. The Hall–Kier alpha value is -1.14. The summed E-state index contributed by atoms with van der Waals surface area (Å²) in [5.41, 5.74) is 1.18. The molecule has 1 aromatic rings. The molecule has 1 aromatic carbocycles. The van der Waals surface area contributed by atoms with Crippen molar-refractivity contribution in [3.8, 4) is 0 Å². The van der Waals surface area contributed by atoms with Gasteiger partial charge in [0.05, 0.1) is 5.04 Å². The molecule has 0 saturated carbocycles. The van der Waals surface area contributed by atoms with Crippen LogP contribution in [0.25, 0.3) is 0 Å². The molecule has 0 aromatic heterocycles. The molecule has 0 bridgehead atoms. The summed E-state index contributed by atoms with van der Waals surface area (Å²) in [6.07, 6.45) is -0.456. The van der Waals surface area contributed by atoms with Gasteiger partial charge >= 0.3 is 6.09 Å². The van der Waals surface area contributed by atoms with E-state index in [4.69, 9.17) is 4.74 Å². The lowest BCUT2D eigenvalue weighted by molar-refractivity contribution is 0.0636. The molecule has 0 fully saturated rings. The van der Waals surface area contributed by atoms with Crippen molar-refractivity contribution in [1.29, 1.82) is 0 Å². The molecule has 1 aliphatic heterocycles. The van der Waals surface area contributed by atoms with Crippen LogP contribution in [-0.4, -0.2) is 27.9 Å². The first kappa shape index (κ1) is 15.3. The molecule has 108 valence electrons. The minimum atomic E-state index is -0.508. The van der Waals surface area contributed by atoms with Crippen LogP contribution in [0.1, 0.15) is 26.3 Å². The first-order valence-corrected chi connectivity index (χ1v) is 7.83. The largest absolute Gasteiger partial charge is 0.444 e. The van der Waals surface area contributed by atoms with Gasteiger partial charge in [-0.2, -0.15) is 12.6 Å². The Labute approximate surface area is 128 Å². The van der Waals surface area contributed by atoms with Crippen LogP contribution in [0.15, 0.2) is 29.3 Å². The van der Waals surface area contributed by atoms with Gasteiger partial charge in [0, 0.05) is 17.0 Å². The number of amides is 1. The number of carbonyl (C=O) groups excluding carboxylic acids is 1. The molecule has 1 atom stereocenters. The van der Waals surface area contributed by atoms with Crippen molar-refractivity contribution >= 4 is 41.2 Å². The van der Waals surface area contributed by atoms with Gasteiger partial charge in [-0.05, 0) is 32.9 Å². The van der Waals surface area contributed by atoms with Crippen LogP contribution < -0.4 is 5.32 Å². The Morgan fingerprint density at radius 2 is 2.25 bits per heavy atom. The number of ether oxygens (including phenoxy) is 1. The van der Waals surface area contributed by atoms with Gasteiger partial charge in [-0.25, -0.2) is 4.79 Å². The number of nitrogens with one attached hydrogen (secondary N) is 1. The third kappa shape index (κ3) is 4.45. The van der Waals surface area contributed by atoms with Gasteiger partial charge < -0.3 is 4.74 Å². The monoisotopic (exact) mass is 310 g/mol. The molecule has 1 amide bonds. The zero-order valence-electron chi connectivity index (χ0n) is 11.7. The van der Waals surface area contributed by atoms with E-state index in [1.807, 2.05) is 45.0 Å². The number of anilines is 1. The molecule has 6 heteroatoms. The van der Waals surface area contributed by atoms with Crippen molar-refractivity contribution in [3.63, 3.8) is 0 Å². The number of aliphatic imine (C=N–C) groups is 1. The molecule has 0 saturated heterocycles. The lowest BCUT2D eigenvalue weighted by Crippen LogP contribution is -2.27. The van der Waals surface area contributed by atoms with Gasteiger partial charge in [0.2, 0.25) is 0 Å². The number of hydrogen-bond acceptors (Lipinski definition) is 5. The predicted octanol–water partition coefficient (Wildman–Crippen LogP) is 3.78. The molecule has 20 heavy (non-hydrogen) atoms. The summed E-state index contributed by atoms with van der Waals surface area (Å²) in [7, 11) is 0. The summed E-state index contributed by atoms with van der Waals surface area (Å²) in [6.45, 7) is 5.50. The van der Waals surface area contributed by atoms with Crippen LogP contribution in [0.3, 0.4) is 0 Å². The second-order valence-electron chi connectivity index (χ2n) is 5.43. The molecular weight excluding hydrogens is 292 g/mol. The molecule has 4 nitrogen and oxygen atoms in total. The van der Waals surface area contributed by atoms with Crippen LogP contribution in [0, 0.1) is 0 Å². The highest BCUT2D eigenvalue weighted by molar-refractivity contribution is 8.15. The van der Waals surface area contributed by atoms with Gasteiger partial charge in [0.15, 0.2) is 0 Å². The van der Waals surface area contributed by atoms with Gasteiger partial charge in [0.25, 0.3) is 0 Å². The number of carbonyl (C=O) groups is 1. The topological polar surface area (TPSA) is 50.7 Å². The van der Waals surface area contributed by atoms with E-state index in [1.165, 1.54) is 0 Å². The maximum Gasteiger partial charge on any atom is 0.412 e. The standard InChI is InChI=1S/C14H18N2O2S2/c1-14(2,3)18-13(17)15-10-6-4-5-9(7-10)12-16-11(19)8-20-12/h4-7,11,19H,8H2,1-3H3,(H,15,17). The molecule has 0 aliphatic carbocycles. The fourth-order valence-corrected chi connectivity index (χ4v) is 2.97. The van der Waals surface area contributed by atoms with E-state index in [0.717, 1.165) is 16.4 Å². The lowest BCUT2D eigenvalue weighted by atomic mass is 10.2.